The van der Waals surface area contributed by atoms with Crippen LogP contribution < -0.4 is 10.2 Å². The number of hydrogen-bond donors (Lipinski definition) is 1. The number of hydrogen-bond acceptors (Lipinski definition) is 3. The highest BCUT2D eigenvalue weighted by molar-refractivity contribution is 7.98. The van der Waals surface area contributed by atoms with Gasteiger partial charge in [0.05, 0.1) is 0 Å². The van der Waals surface area contributed by atoms with E-state index in [1.54, 1.807) is 0 Å². The van der Waals surface area contributed by atoms with Crippen molar-refractivity contribution in [1.29, 1.82) is 0 Å². The first-order chi connectivity index (χ1) is 8.83. The van der Waals surface area contributed by atoms with E-state index in [0.717, 1.165) is 13.1 Å². The minimum atomic E-state index is 0.649. The van der Waals surface area contributed by atoms with Crippen LogP contribution >= 0.6 is 11.8 Å². The molecular weight excluding hydrogens is 240 g/mol. The minimum Gasteiger partial charge on any atom is -0.370 e. The van der Waals surface area contributed by atoms with Crippen LogP contribution in [0.3, 0.4) is 0 Å². The van der Waals surface area contributed by atoms with Crippen LogP contribution in [0.5, 0.6) is 0 Å². The molecule has 2 nitrogen and oxygen atoms in total. The van der Waals surface area contributed by atoms with Crippen LogP contribution in [0.1, 0.15) is 26.2 Å². The van der Waals surface area contributed by atoms with E-state index in [4.69, 9.17) is 0 Å². The number of rotatable bonds is 4. The van der Waals surface area contributed by atoms with Gasteiger partial charge in [-0.25, -0.2) is 0 Å². The van der Waals surface area contributed by atoms with E-state index in [9.17, 15) is 0 Å². The smallest absolute Gasteiger partial charge is 0.0377 e. The van der Waals surface area contributed by atoms with Gasteiger partial charge in [0.2, 0.25) is 0 Å². The molecule has 1 saturated heterocycles. The lowest BCUT2D eigenvalue weighted by molar-refractivity contribution is 0.502. The summed E-state index contributed by atoms with van der Waals surface area (Å²) in [5.41, 5.74) is 1.38. The molecule has 0 aromatic heterocycles. The van der Waals surface area contributed by atoms with Crippen LogP contribution in [-0.4, -0.2) is 31.9 Å². The summed E-state index contributed by atoms with van der Waals surface area (Å²) in [5, 5.41) is 3.66. The van der Waals surface area contributed by atoms with Crippen LogP contribution in [0.15, 0.2) is 29.2 Å². The van der Waals surface area contributed by atoms with Crippen molar-refractivity contribution in [1.82, 2.24) is 5.32 Å². The lowest BCUT2D eigenvalue weighted by Crippen LogP contribution is -2.37. The molecule has 1 aliphatic heterocycles. The Hall–Kier alpha value is -0.670. The first-order valence-electron chi connectivity index (χ1n) is 6.96. The number of nitrogens with one attached hydrogen (secondary N) is 1. The Labute approximate surface area is 115 Å². The summed E-state index contributed by atoms with van der Waals surface area (Å²) >= 11 is 1.82. The van der Waals surface area contributed by atoms with Crippen molar-refractivity contribution >= 4 is 17.4 Å². The first kappa shape index (κ1) is 13.8. The standard InChI is InChI=1S/C15H24N2S/c1-3-6-13-12-17(10-5-9-16-13)14-7-4-8-15(11-14)18-2/h4,7-8,11,13,16H,3,5-6,9-10,12H2,1-2H3. The van der Waals surface area contributed by atoms with Gasteiger partial charge in [0.1, 0.15) is 0 Å². The molecule has 0 amide bonds. The van der Waals surface area contributed by atoms with Gasteiger partial charge in [-0.1, -0.05) is 19.4 Å². The third-order valence-corrected chi connectivity index (χ3v) is 4.26. The lowest BCUT2D eigenvalue weighted by atomic mass is 10.1. The van der Waals surface area contributed by atoms with Crippen molar-refractivity contribution in [3.8, 4) is 0 Å². The Morgan fingerprint density at radius 2 is 2.33 bits per heavy atom. The molecule has 0 spiro atoms. The Balaban J connectivity index is 2.09. The minimum absolute atomic E-state index is 0.649. The number of nitrogens with zero attached hydrogens (tertiary/aromatic N) is 1. The van der Waals surface area contributed by atoms with E-state index in [-0.39, 0.29) is 0 Å². The molecule has 0 aliphatic carbocycles. The third-order valence-electron chi connectivity index (χ3n) is 3.53. The van der Waals surface area contributed by atoms with E-state index in [2.05, 4.69) is 47.7 Å². The Morgan fingerprint density at radius 1 is 1.44 bits per heavy atom. The molecule has 1 aromatic carbocycles. The number of thioether (sulfide) groups is 1. The summed E-state index contributed by atoms with van der Waals surface area (Å²) in [4.78, 5) is 3.90. The molecule has 1 atom stereocenters. The van der Waals surface area contributed by atoms with Crippen molar-refractivity contribution in [2.45, 2.75) is 37.1 Å². The normalized spacial score (nSPS) is 20.8. The average molecular weight is 264 g/mol. The largest absolute Gasteiger partial charge is 0.370 e. The number of benzene rings is 1. The summed E-state index contributed by atoms with van der Waals surface area (Å²) in [5.74, 6) is 0. The van der Waals surface area contributed by atoms with E-state index < -0.39 is 0 Å². The maximum absolute atomic E-state index is 3.66. The molecule has 1 N–H and O–H groups in total. The van der Waals surface area contributed by atoms with Gasteiger partial charge in [0.15, 0.2) is 0 Å². The molecule has 100 valence electrons. The van der Waals surface area contributed by atoms with Crippen molar-refractivity contribution in [3.05, 3.63) is 24.3 Å². The van der Waals surface area contributed by atoms with Crippen LogP contribution in [0.2, 0.25) is 0 Å². The Morgan fingerprint density at radius 3 is 3.11 bits per heavy atom. The predicted octanol–water partition coefficient (Wildman–Crippen LogP) is 3.38. The molecule has 0 saturated carbocycles. The summed E-state index contributed by atoms with van der Waals surface area (Å²) in [6.45, 7) is 5.74. The molecule has 1 unspecified atom stereocenters. The van der Waals surface area contributed by atoms with Gasteiger partial charge >= 0.3 is 0 Å². The molecule has 0 radical (unpaired) electrons. The fourth-order valence-corrected chi connectivity index (χ4v) is 3.03. The average Bonchev–Trinajstić information content (AvgIpc) is 2.65. The van der Waals surface area contributed by atoms with E-state index >= 15 is 0 Å². The fraction of sp³-hybridized carbons (Fsp3) is 0.600. The predicted molar refractivity (Wildman–Crippen MR) is 81.8 cm³/mol. The van der Waals surface area contributed by atoms with Crippen LogP contribution in [0.4, 0.5) is 5.69 Å². The molecule has 3 heteroatoms. The maximum atomic E-state index is 3.66. The van der Waals surface area contributed by atoms with Gasteiger partial charge in [-0.2, -0.15) is 0 Å². The quantitative estimate of drug-likeness (QED) is 0.839. The summed E-state index contributed by atoms with van der Waals surface area (Å²) in [6, 6.07) is 9.57. The highest BCUT2D eigenvalue weighted by atomic mass is 32.2. The van der Waals surface area contributed by atoms with Gasteiger partial charge < -0.3 is 10.2 Å². The molecular formula is C15H24N2S. The zero-order valence-corrected chi connectivity index (χ0v) is 12.3. The van der Waals surface area contributed by atoms with Gasteiger partial charge in [-0.3, -0.25) is 0 Å². The van der Waals surface area contributed by atoms with Crippen molar-refractivity contribution < 1.29 is 0 Å². The molecule has 18 heavy (non-hydrogen) atoms. The summed E-state index contributed by atoms with van der Waals surface area (Å²) in [6.07, 6.45) is 5.92. The zero-order valence-electron chi connectivity index (χ0n) is 11.5. The molecule has 0 bridgehead atoms. The summed E-state index contributed by atoms with van der Waals surface area (Å²) in [7, 11) is 0. The Bertz CT molecular complexity index is 367. The first-order valence-corrected chi connectivity index (χ1v) is 8.18. The van der Waals surface area contributed by atoms with Crippen molar-refractivity contribution in [3.63, 3.8) is 0 Å². The fourth-order valence-electron chi connectivity index (χ4n) is 2.58. The van der Waals surface area contributed by atoms with E-state index in [1.807, 2.05) is 11.8 Å². The Kier molecular flexibility index (Phi) is 5.39. The number of anilines is 1. The maximum Gasteiger partial charge on any atom is 0.0377 e. The third kappa shape index (κ3) is 3.66. The summed E-state index contributed by atoms with van der Waals surface area (Å²) < 4.78 is 0. The van der Waals surface area contributed by atoms with E-state index in [0.29, 0.717) is 6.04 Å². The molecule has 2 rings (SSSR count). The zero-order chi connectivity index (χ0) is 12.8. The second-order valence-electron chi connectivity index (χ2n) is 4.94. The van der Waals surface area contributed by atoms with Crippen LogP contribution in [-0.2, 0) is 0 Å². The molecule has 1 aliphatic rings. The second-order valence-corrected chi connectivity index (χ2v) is 5.82. The van der Waals surface area contributed by atoms with E-state index in [1.165, 1.54) is 36.4 Å². The van der Waals surface area contributed by atoms with Crippen LogP contribution in [0.25, 0.3) is 0 Å². The second kappa shape index (κ2) is 7.05. The van der Waals surface area contributed by atoms with Gasteiger partial charge in [0, 0.05) is 29.7 Å². The highest BCUT2D eigenvalue weighted by Gasteiger charge is 2.17. The van der Waals surface area contributed by atoms with Gasteiger partial charge in [-0.05, 0) is 43.8 Å². The van der Waals surface area contributed by atoms with Gasteiger partial charge in [0.25, 0.3) is 0 Å². The highest BCUT2D eigenvalue weighted by Crippen LogP contribution is 2.23. The molecule has 1 aromatic rings. The van der Waals surface area contributed by atoms with Crippen molar-refractivity contribution in [2.24, 2.45) is 0 Å². The molecule has 1 heterocycles. The lowest BCUT2D eigenvalue weighted by Gasteiger charge is -2.26. The van der Waals surface area contributed by atoms with Crippen LogP contribution in [0, 0.1) is 0 Å². The monoisotopic (exact) mass is 264 g/mol. The molecule has 1 fully saturated rings. The topological polar surface area (TPSA) is 15.3 Å². The van der Waals surface area contributed by atoms with Crippen molar-refractivity contribution in [2.75, 3.05) is 30.8 Å². The SMILES string of the molecule is CCCC1CN(c2cccc(SC)c2)CCCN1. The van der Waals surface area contributed by atoms with Gasteiger partial charge in [-0.15, -0.1) is 11.8 Å².